The molecule has 0 atom stereocenters. The van der Waals surface area contributed by atoms with Gasteiger partial charge in [0.1, 0.15) is 0 Å². The third kappa shape index (κ3) is 1.77. The van der Waals surface area contributed by atoms with Crippen LogP contribution >= 0.6 is 23.2 Å². The van der Waals surface area contributed by atoms with Gasteiger partial charge in [0.2, 0.25) is 5.95 Å². The molecule has 1 aromatic carbocycles. The highest BCUT2D eigenvalue weighted by atomic mass is 35.5. The van der Waals surface area contributed by atoms with Crippen LogP contribution in [0.3, 0.4) is 0 Å². The fourth-order valence-corrected chi connectivity index (χ4v) is 2.04. The molecule has 2 N–H and O–H groups in total. The molecule has 5 heteroatoms. The quantitative estimate of drug-likeness (QED) is 0.850. The number of imidazole rings is 1. The highest BCUT2D eigenvalue weighted by molar-refractivity contribution is 6.36. The van der Waals surface area contributed by atoms with Crippen molar-refractivity contribution in [2.45, 2.75) is 6.92 Å². The fourth-order valence-electron chi connectivity index (χ4n) is 1.54. The summed E-state index contributed by atoms with van der Waals surface area (Å²) in [5, 5.41) is 1.18. The zero-order valence-corrected chi connectivity index (χ0v) is 10.5. The lowest BCUT2D eigenvalue weighted by Crippen LogP contribution is -1.97. The molecule has 0 spiro atoms. The molecule has 0 saturated carbocycles. The molecule has 0 aliphatic rings. The molecule has 16 heavy (non-hydrogen) atoms. The Morgan fingerprint density at radius 1 is 1.31 bits per heavy atom. The molecule has 0 aliphatic heterocycles. The number of hydrogen-bond donors (Lipinski definition) is 1. The van der Waals surface area contributed by atoms with Crippen LogP contribution in [0.1, 0.15) is 5.69 Å². The summed E-state index contributed by atoms with van der Waals surface area (Å²) in [6, 6.07) is 5.33. The Morgan fingerprint density at radius 3 is 2.50 bits per heavy atom. The number of nitrogens with two attached hydrogens (primary N) is 1. The van der Waals surface area contributed by atoms with E-state index in [0.29, 0.717) is 16.0 Å². The molecule has 0 radical (unpaired) electrons. The summed E-state index contributed by atoms with van der Waals surface area (Å²) < 4.78 is 1.82. The number of nitrogens with zero attached hydrogens (tertiary/aromatic N) is 2. The standard InChI is InChI=1S/C11H11Cl2N3/c1-6-10(15-11(14)16(6)2)8-4-3-7(12)5-9(8)13/h3-5H,1-2H3,(H2,14,15). The summed E-state index contributed by atoms with van der Waals surface area (Å²) in [6.07, 6.45) is 0. The lowest BCUT2D eigenvalue weighted by atomic mass is 10.1. The number of aromatic nitrogens is 2. The summed E-state index contributed by atoms with van der Waals surface area (Å²) in [5.41, 5.74) is 8.35. The molecule has 0 unspecified atom stereocenters. The van der Waals surface area contributed by atoms with Crippen LogP contribution in [0, 0.1) is 6.92 Å². The SMILES string of the molecule is Cc1c(-c2ccc(Cl)cc2Cl)nc(N)n1C. The lowest BCUT2D eigenvalue weighted by Gasteiger charge is -2.03. The Balaban J connectivity index is 2.63. The monoisotopic (exact) mass is 255 g/mol. The normalized spacial score (nSPS) is 10.8. The first-order valence-corrected chi connectivity index (χ1v) is 5.50. The maximum absolute atomic E-state index is 6.12. The van der Waals surface area contributed by atoms with E-state index in [1.165, 1.54) is 0 Å². The Hall–Kier alpha value is -1.19. The van der Waals surface area contributed by atoms with E-state index in [0.717, 1.165) is 17.0 Å². The van der Waals surface area contributed by atoms with Crippen molar-refractivity contribution >= 4 is 29.2 Å². The number of nitrogen functional groups attached to an aromatic ring is 1. The third-order valence-corrected chi connectivity index (χ3v) is 3.15. The second-order valence-corrected chi connectivity index (χ2v) is 4.43. The molecule has 0 amide bonds. The Bertz CT molecular complexity index is 546. The first kappa shape index (κ1) is 11.3. The predicted molar refractivity (Wildman–Crippen MR) is 67.8 cm³/mol. The molecule has 2 rings (SSSR count). The molecule has 1 aromatic heterocycles. The van der Waals surface area contributed by atoms with E-state index in [-0.39, 0.29) is 0 Å². The van der Waals surface area contributed by atoms with Crippen molar-refractivity contribution in [2.75, 3.05) is 5.73 Å². The smallest absolute Gasteiger partial charge is 0.200 e. The maximum Gasteiger partial charge on any atom is 0.200 e. The van der Waals surface area contributed by atoms with Crippen molar-refractivity contribution < 1.29 is 0 Å². The van der Waals surface area contributed by atoms with E-state index in [1.54, 1.807) is 12.1 Å². The van der Waals surface area contributed by atoms with Crippen LogP contribution in [0.4, 0.5) is 5.95 Å². The van der Waals surface area contributed by atoms with Gasteiger partial charge in [-0.1, -0.05) is 23.2 Å². The molecule has 0 fully saturated rings. The van der Waals surface area contributed by atoms with Crippen molar-refractivity contribution in [1.29, 1.82) is 0 Å². The lowest BCUT2D eigenvalue weighted by molar-refractivity contribution is 0.889. The number of rotatable bonds is 1. The Morgan fingerprint density at radius 2 is 2.00 bits per heavy atom. The van der Waals surface area contributed by atoms with Gasteiger partial charge in [-0.3, -0.25) is 0 Å². The molecule has 2 aromatic rings. The zero-order valence-electron chi connectivity index (χ0n) is 8.96. The van der Waals surface area contributed by atoms with Crippen LogP contribution in [0.5, 0.6) is 0 Å². The van der Waals surface area contributed by atoms with Gasteiger partial charge in [0.15, 0.2) is 0 Å². The molecule has 0 saturated heterocycles. The highest BCUT2D eigenvalue weighted by Gasteiger charge is 2.13. The van der Waals surface area contributed by atoms with Crippen LogP contribution in [0.15, 0.2) is 18.2 Å². The second-order valence-electron chi connectivity index (χ2n) is 3.59. The van der Waals surface area contributed by atoms with Gasteiger partial charge in [-0.2, -0.15) is 0 Å². The van der Waals surface area contributed by atoms with Crippen LogP contribution < -0.4 is 5.73 Å². The minimum Gasteiger partial charge on any atom is -0.369 e. The molecular formula is C11H11Cl2N3. The topological polar surface area (TPSA) is 43.8 Å². The summed E-state index contributed by atoms with van der Waals surface area (Å²) >= 11 is 12.0. The number of halogens is 2. The van der Waals surface area contributed by atoms with Gasteiger partial charge in [-0.25, -0.2) is 4.98 Å². The average molecular weight is 256 g/mol. The number of hydrogen-bond acceptors (Lipinski definition) is 2. The summed E-state index contributed by atoms with van der Waals surface area (Å²) in [4.78, 5) is 4.28. The Labute approximate surface area is 104 Å². The van der Waals surface area contributed by atoms with Crippen LogP contribution in [0.25, 0.3) is 11.3 Å². The largest absolute Gasteiger partial charge is 0.369 e. The van der Waals surface area contributed by atoms with Crippen LogP contribution in [-0.2, 0) is 7.05 Å². The van der Waals surface area contributed by atoms with Gasteiger partial charge in [-0.15, -0.1) is 0 Å². The van der Waals surface area contributed by atoms with Crippen molar-refractivity contribution in [2.24, 2.45) is 7.05 Å². The van der Waals surface area contributed by atoms with Gasteiger partial charge in [0.05, 0.1) is 10.7 Å². The van der Waals surface area contributed by atoms with Gasteiger partial charge in [0, 0.05) is 23.3 Å². The third-order valence-electron chi connectivity index (χ3n) is 2.60. The van der Waals surface area contributed by atoms with E-state index < -0.39 is 0 Å². The van der Waals surface area contributed by atoms with Crippen molar-refractivity contribution in [1.82, 2.24) is 9.55 Å². The summed E-state index contributed by atoms with van der Waals surface area (Å²) in [7, 11) is 1.87. The second kappa shape index (κ2) is 4.00. The number of anilines is 1. The van der Waals surface area contributed by atoms with E-state index in [9.17, 15) is 0 Å². The van der Waals surface area contributed by atoms with Gasteiger partial charge in [-0.05, 0) is 25.1 Å². The van der Waals surface area contributed by atoms with E-state index in [4.69, 9.17) is 28.9 Å². The van der Waals surface area contributed by atoms with E-state index in [2.05, 4.69) is 4.98 Å². The van der Waals surface area contributed by atoms with Gasteiger partial charge >= 0.3 is 0 Å². The predicted octanol–water partition coefficient (Wildman–Crippen LogP) is 3.28. The minimum absolute atomic E-state index is 0.471. The van der Waals surface area contributed by atoms with E-state index >= 15 is 0 Å². The molecule has 0 bridgehead atoms. The Kier molecular flexibility index (Phi) is 2.82. The van der Waals surface area contributed by atoms with Gasteiger partial charge in [0.25, 0.3) is 0 Å². The zero-order chi connectivity index (χ0) is 11.9. The average Bonchev–Trinajstić information content (AvgIpc) is 2.46. The fraction of sp³-hybridized carbons (Fsp3) is 0.182. The van der Waals surface area contributed by atoms with Crippen molar-refractivity contribution in [3.8, 4) is 11.3 Å². The molecule has 84 valence electrons. The van der Waals surface area contributed by atoms with Crippen LogP contribution in [0.2, 0.25) is 10.0 Å². The van der Waals surface area contributed by atoms with Crippen LogP contribution in [-0.4, -0.2) is 9.55 Å². The van der Waals surface area contributed by atoms with Crippen molar-refractivity contribution in [3.05, 3.63) is 33.9 Å². The highest BCUT2D eigenvalue weighted by Crippen LogP contribution is 2.32. The van der Waals surface area contributed by atoms with Gasteiger partial charge < -0.3 is 10.3 Å². The summed E-state index contributed by atoms with van der Waals surface area (Å²) in [5.74, 6) is 0.471. The molecule has 3 nitrogen and oxygen atoms in total. The minimum atomic E-state index is 0.471. The van der Waals surface area contributed by atoms with E-state index in [1.807, 2.05) is 24.6 Å². The van der Waals surface area contributed by atoms with Crippen molar-refractivity contribution in [3.63, 3.8) is 0 Å². The maximum atomic E-state index is 6.12. The molecule has 1 heterocycles. The molecule has 0 aliphatic carbocycles. The summed E-state index contributed by atoms with van der Waals surface area (Å²) in [6.45, 7) is 1.95. The first-order valence-electron chi connectivity index (χ1n) is 4.75. The molecular weight excluding hydrogens is 245 g/mol. The first-order chi connectivity index (χ1) is 7.50. The number of benzene rings is 1.